The fourth-order valence-electron chi connectivity index (χ4n) is 1.95. The van der Waals surface area contributed by atoms with Crippen molar-refractivity contribution in [2.45, 2.75) is 45.4 Å². The summed E-state index contributed by atoms with van der Waals surface area (Å²) in [5.74, 6) is 2.87. The first-order valence-electron chi connectivity index (χ1n) is 6.08. The molecule has 1 aliphatic carbocycles. The standard InChI is InChI=1S/C13H21NO2/c1-10(7-11-3-4-11)14-8-12-5-6-13(16-12)9-15-2/h5-6,10-11,14H,3-4,7-9H2,1-2H3. The van der Waals surface area contributed by atoms with Crippen molar-refractivity contribution in [3.63, 3.8) is 0 Å². The number of rotatable bonds is 7. The van der Waals surface area contributed by atoms with Gasteiger partial charge in [0, 0.05) is 13.2 Å². The van der Waals surface area contributed by atoms with Crippen molar-refractivity contribution in [3.8, 4) is 0 Å². The molecule has 0 amide bonds. The van der Waals surface area contributed by atoms with Crippen molar-refractivity contribution < 1.29 is 9.15 Å². The number of nitrogens with one attached hydrogen (secondary N) is 1. The lowest BCUT2D eigenvalue weighted by molar-refractivity contribution is 0.162. The Balaban J connectivity index is 1.70. The molecule has 0 aromatic carbocycles. The van der Waals surface area contributed by atoms with Crippen molar-refractivity contribution in [2.24, 2.45) is 5.92 Å². The van der Waals surface area contributed by atoms with Crippen molar-refractivity contribution in [1.82, 2.24) is 5.32 Å². The Morgan fingerprint density at radius 1 is 1.44 bits per heavy atom. The van der Waals surface area contributed by atoms with Crippen LogP contribution >= 0.6 is 0 Å². The average Bonchev–Trinajstić information content (AvgIpc) is 2.95. The zero-order chi connectivity index (χ0) is 11.4. The summed E-state index contributed by atoms with van der Waals surface area (Å²) in [5.41, 5.74) is 0. The molecule has 1 N–H and O–H groups in total. The lowest BCUT2D eigenvalue weighted by atomic mass is 10.1. The molecule has 1 saturated carbocycles. The number of furan rings is 1. The van der Waals surface area contributed by atoms with Crippen molar-refractivity contribution in [2.75, 3.05) is 7.11 Å². The van der Waals surface area contributed by atoms with Gasteiger partial charge >= 0.3 is 0 Å². The molecule has 2 rings (SSSR count). The predicted molar refractivity (Wildman–Crippen MR) is 63.1 cm³/mol. The summed E-state index contributed by atoms with van der Waals surface area (Å²) in [5, 5.41) is 3.49. The fourth-order valence-corrected chi connectivity index (χ4v) is 1.95. The maximum atomic E-state index is 5.61. The molecular weight excluding hydrogens is 202 g/mol. The van der Waals surface area contributed by atoms with Gasteiger partial charge in [0.25, 0.3) is 0 Å². The van der Waals surface area contributed by atoms with E-state index in [2.05, 4.69) is 12.2 Å². The molecule has 90 valence electrons. The quantitative estimate of drug-likeness (QED) is 0.771. The second-order valence-electron chi connectivity index (χ2n) is 4.76. The van der Waals surface area contributed by atoms with Crippen LogP contribution in [-0.4, -0.2) is 13.2 Å². The highest BCUT2D eigenvalue weighted by atomic mass is 16.5. The number of ether oxygens (including phenoxy) is 1. The monoisotopic (exact) mass is 223 g/mol. The van der Waals surface area contributed by atoms with Gasteiger partial charge in [-0.15, -0.1) is 0 Å². The van der Waals surface area contributed by atoms with Crippen LogP contribution in [0.5, 0.6) is 0 Å². The Morgan fingerprint density at radius 2 is 2.19 bits per heavy atom. The van der Waals surface area contributed by atoms with E-state index < -0.39 is 0 Å². The van der Waals surface area contributed by atoms with Gasteiger partial charge in [0.2, 0.25) is 0 Å². The van der Waals surface area contributed by atoms with E-state index in [1.807, 2.05) is 12.1 Å². The maximum Gasteiger partial charge on any atom is 0.129 e. The van der Waals surface area contributed by atoms with Gasteiger partial charge in [-0.25, -0.2) is 0 Å². The molecular formula is C13H21NO2. The normalized spacial score (nSPS) is 17.6. The van der Waals surface area contributed by atoms with E-state index in [4.69, 9.17) is 9.15 Å². The van der Waals surface area contributed by atoms with E-state index in [-0.39, 0.29) is 0 Å². The van der Waals surface area contributed by atoms with Gasteiger partial charge < -0.3 is 14.5 Å². The molecule has 1 fully saturated rings. The van der Waals surface area contributed by atoms with Gasteiger partial charge in [-0.05, 0) is 31.4 Å². The molecule has 0 aliphatic heterocycles. The van der Waals surface area contributed by atoms with Gasteiger partial charge in [0.1, 0.15) is 18.1 Å². The van der Waals surface area contributed by atoms with Gasteiger partial charge in [-0.3, -0.25) is 0 Å². The first-order chi connectivity index (χ1) is 7.78. The highest BCUT2D eigenvalue weighted by molar-refractivity contribution is 5.06. The smallest absolute Gasteiger partial charge is 0.129 e. The van der Waals surface area contributed by atoms with E-state index >= 15 is 0 Å². The van der Waals surface area contributed by atoms with Gasteiger partial charge in [-0.2, -0.15) is 0 Å². The van der Waals surface area contributed by atoms with Crippen LogP contribution in [0.3, 0.4) is 0 Å². The molecule has 3 heteroatoms. The van der Waals surface area contributed by atoms with Crippen LogP contribution < -0.4 is 5.32 Å². The van der Waals surface area contributed by atoms with E-state index in [1.165, 1.54) is 19.3 Å². The molecule has 0 bridgehead atoms. The molecule has 1 aromatic heterocycles. The molecule has 3 nitrogen and oxygen atoms in total. The highest BCUT2D eigenvalue weighted by Crippen LogP contribution is 2.33. The van der Waals surface area contributed by atoms with Gasteiger partial charge in [0.15, 0.2) is 0 Å². The second kappa shape index (κ2) is 5.51. The van der Waals surface area contributed by atoms with E-state index in [9.17, 15) is 0 Å². The average molecular weight is 223 g/mol. The molecule has 1 aliphatic rings. The van der Waals surface area contributed by atoms with E-state index in [0.29, 0.717) is 12.6 Å². The topological polar surface area (TPSA) is 34.4 Å². The van der Waals surface area contributed by atoms with Crippen LogP contribution in [0.25, 0.3) is 0 Å². The molecule has 1 atom stereocenters. The zero-order valence-corrected chi connectivity index (χ0v) is 10.2. The summed E-state index contributed by atoms with van der Waals surface area (Å²) in [7, 11) is 1.68. The summed E-state index contributed by atoms with van der Waals surface area (Å²) in [6.45, 7) is 3.62. The van der Waals surface area contributed by atoms with E-state index in [0.717, 1.165) is 24.0 Å². The van der Waals surface area contributed by atoms with E-state index in [1.54, 1.807) is 7.11 Å². The van der Waals surface area contributed by atoms with Crippen LogP contribution in [0, 0.1) is 5.92 Å². The molecule has 1 unspecified atom stereocenters. The fraction of sp³-hybridized carbons (Fsp3) is 0.692. The van der Waals surface area contributed by atoms with Crippen LogP contribution in [0.4, 0.5) is 0 Å². The number of hydrogen-bond acceptors (Lipinski definition) is 3. The SMILES string of the molecule is COCc1ccc(CNC(C)CC2CC2)o1. The minimum absolute atomic E-state index is 0.553. The first-order valence-corrected chi connectivity index (χ1v) is 6.08. The third kappa shape index (κ3) is 3.65. The van der Waals surface area contributed by atoms with Crippen LogP contribution in [0.2, 0.25) is 0 Å². The lowest BCUT2D eigenvalue weighted by Crippen LogP contribution is -2.25. The Labute approximate surface area is 97.2 Å². The second-order valence-corrected chi connectivity index (χ2v) is 4.76. The van der Waals surface area contributed by atoms with Gasteiger partial charge in [0.05, 0.1) is 6.54 Å². The summed E-state index contributed by atoms with van der Waals surface area (Å²) in [4.78, 5) is 0. The third-order valence-electron chi connectivity index (χ3n) is 3.01. The van der Waals surface area contributed by atoms with Crippen molar-refractivity contribution in [3.05, 3.63) is 23.7 Å². The predicted octanol–water partition coefficient (Wildman–Crippen LogP) is 2.70. The minimum Gasteiger partial charge on any atom is -0.462 e. The van der Waals surface area contributed by atoms with Gasteiger partial charge in [-0.1, -0.05) is 12.8 Å². The summed E-state index contributed by atoms with van der Waals surface area (Å²) in [6.07, 6.45) is 4.14. The van der Waals surface area contributed by atoms with Crippen LogP contribution in [-0.2, 0) is 17.9 Å². The van der Waals surface area contributed by atoms with Crippen molar-refractivity contribution >= 4 is 0 Å². The third-order valence-corrected chi connectivity index (χ3v) is 3.01. The summed E-state index contributed by atoms with van der Waals surface area (Å²) >= 11 is 0. The number of methoxy groups -OCH3 is 1. The maximum absolute atomic E-state index is 5.61. The summed E-state index contributed by atoms with van der Waals surface area (Å²) < 4.78 is 10.6. The molecule has 0 spiro atoms. The number of hydrogen-bond donors (Lipinski definition) is 1. The Hall–Kier alpha value is -0.800. The summed E-state index contributed by atoms with van der Waals surface area (Å²) in [6, 6.07) is 4.58. The first kappa shape index (κ1) is 11.7. The molecule has 1 heterocycles. The van der Waals surface area contributed by atoms with Crippen LogP contribution in [0.1, 0.15) is 37.7 Å². The molecule has 0 saturated heterocycles. The minimum atomic E-state index is 0.553. The largest absolute Gasteiger partial charge is 0.462 e. The zero-order valence-electron chi connectivity index (χ0n) is 10.2. The molecule has 16 heavy (non-hydrogen) atoms. The highest BCUT2D eigenvalue weighted by Gasteiger charge is 2.23. The lowest BCUT2D eigenvalue weighted by Gasteiger charge is -2.11. The Morgan fingerprint density at radius 3 is 2.88 bits per heavy atom. The van der Waals surface area contributed by atoms with Crippen LogP contribution in [0.15, 0.2) is 16.5 Å². The molecule has 1 aromatic rings. The van der Waals surface area contributed by atoms with Crippen molar-refractivity contribution in [1.29, 1.82) is 0 Å². The Kier molecular flexibility index (Phi) is 4.02. The molecule has 0 radical (unpaired) electrons. The Bertz CT molecular complexity index is 317.